The van der Waals surface area contributed by atoms with Crippen LogP contribution in [0, 0.1) is 11.6 Å². The van der Waals surface area contributed by atoms with Crippen LogP contribution in [0.5, 0.6) is 0 Å². The third-order valence-electron chi connectivity index (χ3n) is 4.18. The summed E-state index contributed by atoms with van der Waals surface area (Å²) in [5.41, 5.74) is 0.936. The molecule has 2 amide bonds. The Labute approximate surface area is 144 Å². The van der Waals surface area contributed by atoms with Gasteiger partial charge in [0.15, 0.2) is 17.4 Å². The largest absolute Gasteiger partial charge is 0.359 e. The second kappa shape index (κ2) is 7.18. The lowest BCUT2D eigenvalue weighted by atomic mass is 10.1. The Balaban J connectivity index is 1.59. The van der Waals surface area contributed by atoms with Gasteiger partial charge in [0.1, 0.15) is 5.69 Å². The van der Waals surface area contributed by atoms with E-state index in [4.69, 9.17) is 4.52 Å². The van der Waals surface area contributed by atoms with Crippen molar-refractivity contribution in [1.82, 2.24) is 19.9 Å². The molecule has 8 heteroatoms. The first-order valence-electron chi connectivity index (χ1n) is 8.03. The number of piperazine rings is 1. The van der Waals surface area contributed by atoms with Gasteiger partial charge in [-0.3, -0.25) is 4.90 Å². The SMILES string of the molecule is CN(C)C(=O)N1CCN(Cc2cc(-c3ccc(F)c(F)c3)no2)CC1. The van der Waals surface area contributed by atoms with Gasteiger partial charge in [-0.15, -0.1) is 0 Å². The van der Waals surface area contributed by atoms with Crippen molar-refractivity contribution in [3.8, 4) is 11.3 Å². The first-order valence-corrected chi connectivity index (χ1v) is 8.03. The van der Waals surface area contributed by atoms with Crippen LogP contribution in [-0.2, 0) is 6.54 Å². The Morgan fingerprint density at radius 2 is 1.88 bits per heavy atom. The molecular weight excluding hydrogens is 330 g/mol. The highest BCUT2D eigenvalue weighted by molar-refractivity contribution is 5.73. The molecule has 1 aliphatic rings. The Morgan fingerprint density at radius 1 is 1.16 bits per heavy atom. The Hall–Kier alpha value is -2.48. The van der Waals surface area contributed by atoms with Crippen molar-refractivity contribution in [2.24, 2.45) is 0 Å². The zero-order chi connectivity index (χ0) is 18.0. The fraction of sp³-hybridized carbons (Fsp3) is 0.412. The van der Waals surface area contributed by atoms with E-state index in [0.717, 1.165) is 25.2 Å². The van der Waals surface area contributed by atoms with Gasteiger partial charge in [-0.2, -0.15) is 0 Å². The highest BCUT2D eigenvalue weighted by atomic mass is 19.2. The average molecular weight is 350 g/mol. The molecule has 0 unspecified atom stereocenters. The molecule has 1 aliphatic heterocycles. The number of benzene rings is 1. The molecule has 6 nitrogen and oxygen atoms in total. The van der Waals surface area contributed by atoms with Gasteiger partial charge in [-0.1, -0.05) is 5.16 Å². The van der Waals surface area contributed by atoms with Crippen molar-refractivity contribution >= 4 is 6.03 Å². The topological polar surface area (TPSA) is 52.8 Å². The number of carbonyl (C=O) groups excluding carboxylic acids is 1. The summed E-state index contributed by atoms with van der Waals surface area (Å²) in [5, 5.41) is 3.93. The molecule has 0 N–H and O–H groups in total. The molecule has 1 saturated heterocycles. The molecule has 1 aromatic carbocycles. The maximum Gasteiger partial charge on any atom is 0.319 e. The van der Waals surface area contributed by atoms with Crippen LogP contribution < -0.4 is 0 Å². The summed E-state index contributed by atoms with van der Waals surface area (Å²) in [6.07, 6.45) is 0. The molecule has 134 valence electrons. The van der Waals surface area contributed by atoms with Crippen molar-refractivity contribution < 1.29 is 18.1 Å². The van der Waals surface area contributed by atoms with E-state index in [1.807, 2.05) is 4.90 Å². The minimum Gasteiger partial charge on any atom is -0.359 e. The van der Waals surface area contributed by atoms with Crippen LogP contribution >= 0.6 is 0 Å². The summed E-state index contributed by atoms with van der Waals surface area (Å²) < 4.78 is 31.6. The summed E-state index contributed by atoms with van der Waals surface area (Å²) in [6.45, 7) is 3.34. The number of urea groups is 1. The van der Waals surface area contributed by atoms with Gasteiger partial charge in [-0.05, 0) is 18.2 Å². The fourth-order valence-electron chi connectivity index (χ4n) is 2.78. The molecular formula is C17H20F2N4O2. The van der Waals surface area contributed by atoms with Gasteiger partial charge < -0.3 is 14.3 Å². The number of hydrogen-bond donors (Lipinski definition) is 0. The summed E-state index contributed by atoms with van der Waals surface area (Å²) in [5.74, 6) is -1.16. The molecule has 0 saturated carbocycles. The normalized spacial score (nSPS) is 15.4. The molecule has 0 radical (unpaired) electrons. The van der Waals surface area contributed by atoms with Gasteiger partial charge in [-0.25, -0.2) is 13.6 Å². The number of halogens is 2. The molecule has 0 bridgehead atoms. The lowest BCUT2D eigenvalue weighted by Crippen LogP contribution is -2.51. The molecule has 0 aliphatic carbocycles. The molecule has 2 heterocycles. The first-order chi connectivity index (χ1) is 11.9. The monoisotopic (exact) mass is 350 g/mol. The minimum absolute atomic E-state index is 0.0138. The smallest absolute Gasteiger partial charge is 0.319 e. The van der Waals surface area contributed by atoms with Crippen molar-refractivity contribution in [2.45, 2.75) is 6.54 Å². The molecule has 2 aromatic rings. The maximum atomic E-state index is 13.3. The summed E-state index contributed by atoms with van der Waals surface area (Å²) in [7, 11) is 3.48. The van der Waals surface area contributed by atoms with Gasteiger partial charge in [0.2, 0.25) is 0 Å². The molecule has 3 rings (SSSR count). The van der Waals surface area contributed by atoms with E-state index in [-0.39, 0.29) is 6.03 Å². The van der Waals surface area contributed by atoms with Crippen LogP contribution in [0.3, 0.4) is 0 Å². The second-order valence-corrected chi connectivity index (χ2v) is 6.25. The van der Waals surface area contributed by atoms with Crippen LogP contribution in [-0.4, -0.2) is 66.2 Å². The van der Waals surface area contributed by atoms with Crippen LogP contribution in [0.4, 0.5) is 13.6 Å². The number of hydrogen-bond acceptors (Lipinski definition) is 4. The van der Waals surface area contributed by atoms with Crippen molar-refractivity contribution in [2.75, 3.05) is 40.3 Å². The Morgan fingerprint density at radius 3 is 2.52 bits per heavy atom. The Bertz CT molecular complexity index is 755. The lowest BCUT2D eigenvalue weighted by molar-refractivity contribution is 0.114. The highest BCUT2D eigenvalue weighted by Gasteiger charge is 2.23. The van der Waals surface area contributed by atoms with E-state index in [0.29, 0.717) is 36.7 Å². The third-order valence-corrected chi connectivity index (χ3v) is 4.18. The first kappa shape index (κ1) is 17.3. The fourth-order valence-corrected chi connectivity index (χ4v) is 2.78. The quantitative estimate of drug-likeness (QED) is 0.853. The number of rotatable bonds is 3. The van der Waals surface area contributed by atoms with E-state index >= 15 is 0 Å². The molecule has 0 spiro atoms. The van der Waals surface area contributed by atoms with E-state index in [9.17, 15) is 13.6 Å². The Kier molecular flexibility index (Phi) is 4.98. The van der Waals surface area contributed by atoms with Gasteiger partial charge >= 0.3 is 6.03 Å². The van der Waals surface area contributed by atoms with Crippen LogP contribution in [0.25, 0.3) is 11.3 Å². The number of aromatic nitrogens is 1. The number of amides is 2. The third kappa shape index (κ3) is 3.96. The standard InChI is InChI=1S/C17H20F2N4O2/c1-21(2)17(24)23-7-5-22(6-8-23)11-13-10-16(20-25-13)12-3-4-14(18)15(19)9-12/h3-4,9-10H,5-8,11H2,1-2H3. The summed E-state index contributed by atoms with van der Waals surface area (Å²) in [6, 6.07) is 5.37. The molecule has 25 heavy (non-hydrogen) atoms. The van der Waals surface area contributed by atoms with E-state index in [1.54, 1.807) is 25.1 Å². The van der Waals surface area contributed by atoms with Crippen LogP contribution in [0.2, 0.25) is 0 Å². The van der Waals surface area contributed by atoms with Gasteiger partial charge in [0.05, 0.1) is 6.54 Å². The van der Waals surface area contributed by atoms with E-state index in [2.05, 4.69) is 10.1 Å². The van der Waals surface area contributed by atoms with Crippen LogP contribution in [0.1, 0.15) is 5.76 Å². The van der Waals surface area contributed by atoms with Crippen molar-refractivity contribution in [3.05, 3.63) is 41.7 Å². The lowest BCUT2D eigenvalue weighted by Gasteiger charge is -2.35. The minimum atomic E-state index is -0.913. The molecule has 1 aromatic heterocycles. The molecule has 1 fully saturated rings. The highest BCUT2D eigenvalue weighted by Crippen LogP contribution is 2.22. The predicted octanol–water partition coefficient (Wildman–Crippen LogP) is 2.42. The maximum absolute atomic E-state index is 13.3. The predicted molar refractivity (Wildman–Crippen MR) is 87.8 cm³/mol. The van der Waals surface area contributed by atoms with Crippen molar-refractivity contribution in [1.29, 1.82) is 0 Å². The molecule has 0 atom stereocenters. The number of nitrogens with zero attached hydrogens (tertiary/aromatic N) is 4. The second-order valence-electron chi connectivity index (χ2n) is 6.25. The van der Waals surface area contributed by atoms with Crippen LogP contribution in [0.15, 0.2) is 28.8 Å². The average Bonchev–Trinajstić information content (AvgIpc) is 3.06. The zero-order valence-corrected chi connectivity index (χ0v) is 14.2. The summed E-state index contributed by atoms with van der Waals surface area (Å²) in [4.78, 5) is 17.5. The van der Waals surface area contributed by atoms with Gasteiger partial charge in [0, 0.05) is 51.9 Å². The zero-order valence-electron chi connectivity index (χ0n) is 14.2. The summed E-state index contributed by atoms with van der Waals surface area (Å²) >= 11 is 0. The van der Waals surface area contributed by atoms with E-state index < -0.39 is 11.6 Å². The van der Waals surface area contributed by atoms with Crippen molar-refractivity contribution in [3.63, 3.8) is 0 Å². The van der Waals surface area contributed by atoms with Gasteiger partial charge in [0.25, 0.3) is 0 Å². The number of carbonyl (C=O) groups is 1. The van der Waals surface area contributed by atoms with E-state index in [1.165, 1.54) is 6.07 Å².